The summed E-state index contributed by atoms with van der Waals surface area (Å²) in [5, 5.41) is 18.6. The van der Waals surface area contributed by atoms with E-state index >= 15 is 0 Å². The van der Waals surface area contributed by atoms with Crippen LogP contribution in [0.3, 0.4) is 0 Å². The molecule has 0 saturated heterocycles. The molecule has 0 aliphatic rings. The van der Waals surface area contributed by atoms with E-state index in [0.29, 0.717) is 6.61 Å². The van der Waals surface area contributed by atoms with E-state index in [1.165, 1.54) is 83.5 Å². The maximum atomic E-state index is 9.94. The first-order chi connectivity index (χ1) is 11.8. The van der Waals surface area contributed by atoms with Crippen LogP contribution < -0.4 is 0 Å². The van der Waals surface area contributed by atoms with Crippen molar-refractivity contribution in [2.24, 2.45) is 0 Å². The van der Waals surface area contributed by atoms with E-state index in [0.717, 1.165) is 25.7 Å². The van der Waals surface area contributed by atoms with Crippen LogP contribution in [0.5, 0.6) is 0 Å². The Morgan fingerprint density at radius 1 is 0.667 bits per heavy atom. The predicted octanol–water partition coefficient (Wildman–Crippen LogP) is 6.55. The van der Waals surface area contributed by atoms with E-state index in [4.69, 9.17) is 5.11 Å². The lowest BCUT2D eigenvalue weighted by Gasteiger charge is -2.06. The van der Waals surface area contributed by atoms with E-state index in [-0.39, 0.29) is 6.10 Å². The summed E-state index contributed by atoms with van der Waals surface area (Å²) in [6.07, 6.45) is 25.1. The number of aliphatic hydroxyl groups excluding tert-OH is 2. The predicted molar refractivity (Wildman–Crippen MR) is 106 cm³/mol. The van der Waals surface area contributed by atoms with Gasteiger partial charge in [-0.05, 0) is 25.7 Å². The van der Waals surface area contributed by atoms with Crippen LogP contribution in [0.25, 0.3) is 0 Å². The molecule has 0 fully saturated rings. The lowest BCUT2D eigenvalue weighted by molar-refractivity contribution is 0.207. The van der Waals surface area contributed by atoms with Crippen LogP contribution in [0.2, 0.25) is 0 Å². The second-order valence-corrected chi connectivity index (χ2v) is 7.25. The molecule has 0 amide bonds. The molecule has 0 aliphatic heterocycles. The lowest BCUT2D eigenvalue weighted by Crippen LogP contribution is -2.01. The van der Waals surface area contributed by atoms with Crippen molar-refractivity contribution in [1.29, 1.82) is 0 Å². The first-order valence-electron chi connectivity index (χ1n) is 10.8. The van der Waals surface area contributed by atoms with Gasteiger partial charge in [0.1, 0.15) is 0 Å². The number of aliphatic hydroxyl groups is 2. The first kappa shape index (κ1) is 23.7. The molecule has 24 heavy (non-hydrogen) atoms. The fraction of sp³-hybridized carbons (Fsp3) is 0.909. The third-order valence-electron chi connectivity index (χ3n) is 4.74. The van der Waals surface area contributed by atoms with E-state index in [9.17, 15) is 5.11 Å². The second-order valence-electron chi connectivity index (χ2n) is 7.25. The Kier molecular flexibility index (Phi) is 20.4. The second kappa shape index (κ2) is 20.7. The fourth-order valence-corrected chi connectivity index (χ4v) is 3.09. The molecule has 0 bridgehead atoms. The molecule has 0 aromatic carbocycles. The number of rotatable bonds is 19. The van der Waals surface area contributed by atoms with Gasteiger partial charge in [0.25, 0.3) is 0 Å². The molecular weight excluding hydrogens is 296 g/mol. The minimum Gasteiger partial charge on any atom is -0.396 e. The van der Waals surface area contributed by atoms with Gasteiger partial charge in [0.05, 0.1) is 6.10 Å². The van der Waals surface area contributed by atoms with Crippen molar-refractivity contribution in [1.82, 2.24) is 0 Å². The Morgan fingerprint density at radius 2 is 1.17 bits per heavy atom. The van der Waals surface area contributed by atoms with Crippen molar-refractivity contribution in [2.45, 2.75) is 122 Å². The van der Waals surface area contributed by atoms with Crippen molar-refractivity contribution in [3.8, 4) is 0 Å². The van der Waals surface area contributed by atoms with E-state index in [1.54, 1.807) is 0 Å². The zero-order chi connectivity index (χ0) is 17.7. The summed E-state index contributed by atoms with van der Waals surface area (Å²) in [6.45, 7) is 2.60. The van der Waals surface area contributed by atoms with Gasteiger partial charge in [-0.15, -0.1) is 0 Å². The van der Waals surface area contributed by atoms with Crippen LogP contribution in [0.15, 0.2) is 12.2 Å². The van der Waals surface area contributed by atoms with Crippen molar-refractivity contribution < 1.29 is 10.2 Å². The Balaban J connectivity index is 3.22. The zero-order valence-corrected chi connectivity index (χ0v) is 16.4. The Bertz CT molecular complexity index is 250. The Labute approximate surface area is 151 Å². The van der Waals surface area contributed by atoms with Gasteiger partial charge in [-0.2, -0.15) is 0 Å². The molecule has 2 heteroatoms. The molecule has 0 aromatic heterocycles. The molecule has 1 unspecified atom stereocenters. The molecule has 0 heterocycles. The SMILES string of the molecule is CCCCCCCC/C=C/C(O)CCCCCCCCCCCO. The normalized spacial score (nSPS) is 13.0. The van der Waals surface area contributed by atoms with Gasteiger partial charge >= 0.3 is 0 Å². The summed E-state index contributed by atoms with van der Waals surface area (Å²) in [6, 6.07) is 0. The first-order valence-corrected chi connectivity index (χ1v) is 10.8. The number of hydrogen-bond acceptors (Lipinski definition) is 2. The quantitative estimate of drug-likeness (QED) is 0.207. The molecule has 0 aliphatic carbocycles. The average molecular weight is 341 g/mol. The van der Waals surface area contributed by atoms with Crippen molar-refractivity contribution in [3.05, 3.63) is 12.2 Å². The topological polar surface area (TPSA) is 40.5 Å². The van der Waals surface area contributed by atoms with Crippen molar-refractivity contribution in [2.75, 3.05) is 6.61 Å². The largest absolute Gasteiger partial charge is 0.396 e. The van der Waals surface area contributed by atoms with Gasteiger partial charge in [0.15, 0.2) is 0 Å². The standard InChI is InChI=1S/C22H44O2/c1-2-3-4-5-6-10-13-16-19-22(24)20-17-14-11-8-7-9-12-15-18-21-23/h16,19,22-24H,2-15,17-18,20-21H2,1H3/b19-16+. The number of unbranched alkanes of at least 4 members (excludes halogenated alkanes) is 14. The summed E-state index contributed by atoms with van der Waals surface area (Å²) in [5.74, 6) is 0. The maximum absolute atomic E-state index is 9.94. The van der Waals surface area contributed by atoms with Gasteiger partial charge in [0.2, 0.25) is 0 Å². The van der Waals surface area contributed by atoms with Crippen molar-refractivity contribution >= 4 is 0 Å². The lowest BCUT2D eigenvalue weighted by atomic mass is 10.0. The van der Waals surface area contributed by atoms with Crippen molar-refractivity contribution in [3.63, 3.8) is 0 Å². The van der Waals surface area contributed by atoms with Gasteiger partial charge in [0, 0.05) is 6.61 Å². The minimum absolute atomic E-state index is 0.233. The highest BCUT2D eigenvalue weighted by Gasteiger charge is 1.99. The molecule has 0 saturated carbocycles. The number of hydrogen-bond donors (Lipinski definition) is 2. The van der Waals surface area contributed by atoms with Gasteiger partial charge in [-0.1, -0.05) is 103 Å². The molecular formula is C22H44O2. The van der Waals surface area contributed by atoms with Crippen LogP contribution in [-0.4, -0.2) is 22.9 Å². The zero-order valence-electron chi connectivity index (χ0n) is 16.4. The highest BCUT2D eigenvalue weighted by molar-refractivity contribution is 4.88. The van der Waals surface area contributed by atoms with E-state index in [2.05, 4.69) is 13.0 Å². The highest BCUT2D eigenvalue weighted by atomic mass is 16.3. The monoisotopic (exact) mass is 340 g/mol. The number of allylic oxidation sites excluding steroid dienone is 1. The summed E-state index contributed by atoms with van der Waals surface area (Å²) >= 11 is 0. The van der Waals surface area contributed by atoms with Crippen LogP contribution in [-0.2, 0) is 0 Å². The molecule has 0 rings (SSSR count). The molecule has 0 spiro atoms. The summed E-state index contributed by atoms with van der Waals surface area (Å²) in [4.78, 5) is 0. The highest BCUT2D eigenvalue weighted by Crippen LogP contribution is 2.12. The summed E-state index contributed by atoms with van der Waals surface area (Å²) in [5.41, 5.74) is 0. The minimum atomic E-state index is -0.233. The maximum Gasteiger partial charge on any atom is 0.0720 e. The Morgan fingerprint density at radius 3 is 1.75 bits per heavy atom. The Hall–Kier alpha value is -0.340. The average Bonchev–Trinajstić information content (AvgIpc) is 2.59. The van der Waals surface area contributed by atoms with Crippen LogP contribution in [0.4, 0.5) is 0 Å². The van der Waals surface area contributed by atoms with E-state index < -0.39 is 0 Å². The van der Waals surface area contributed by atoms with Crippen LogP contribution >= 0.6 is 0 Å². The molecule has 2 N–H and O–H groups in total. The molecule has 1 atom stereocenters. The molecule has 0 radical (unpaired) electrons. The molecule has 144 valence electrons. The third-order valence-corrected chi connectivity index (χ3v) is 4.74. The van der Waals surface area contributed by atoms with Gasteiger partial charge in [-0.3, -0.25) is 0 Å². The molecule has 0 aromatic rings. The van der Waals surface area contributed by atoms with E-state index in [1.807, 2.05) is 6.08 Å². The summed E-state index contributed by atoms with van der Waals surface area (Å²) < 4.78 is 0. The fourth-order valence-electron chi connectivity index (χ4n) is 3.09. The third kappa shape index (κ3) is 19.7. The smallest absolute Gasteiger partial charge is 0.0720 e. The molecule has 2 nitrogen and oxygen atoms in total. The van der Waals surface area contributed by atoms with Crippen LogP contribution in [0, 0.1) is 0 Å². The summed E-state index contributed by atoms with van der Waals surface area (Å²) in [7, 11) is 0. The van der Waals surface area contributed by atoms with Crippen LogP contribution in [0.1, 0.15) is 116 Å². The van der Waals surface area contributed by atoms with Gasteiger partial charge < -0.3 is 10.2 Å². The van der Waals surface area contributed by atoms with Gasteiger partial charge in [-0.25, -0.2) is 0 Å².